The van der Waals surface area contributed by atoms with Crippen molar-refractivity contribution in [2.24, 2.45) is 0 Å². The van der Waals surface area contributed by atoms with Crippen molar-refractivity contribution in [3.63, 3.8) is 0 Å². The monoisotopic (exact) mass is 383 g/mol. The van der Waals surface area contributed by atoms with Gasteiger partial charge in [0.1, 0.15) is 0 Å². The number of hydrogen-bond acceptors (Lipinski definition) is 5. The summed E-state index contributed by atoms with van der Waals surface area (Å²) in [5.74, 6) is -1.59. The first-order valence-corrected chi connectivity index (χ1v) is 8.69. The number of carbonyl (C=O) groups is 1. The van der Waals surface area contributed by atoms with E-state index >= 15 is 0 Å². The molecule has 0 aliphatic heterocycles. The van der Waals surface area contributed by atoms with Gasteiger partial charge in [0, 0.05) is 22.1 Å². The Morgan fingerprint density at radius 1 is 1.04 bits per heavy atom. The maximum Gasteiger partial charge on any atom is 0.257 e. The molecule has 0 saturated heterocycles. The first kappa shape index (κ1) is 17.0. The quantitative estimate of drug-likeness (QED) is 0.539. The Morgan fingerprint density at radius 2 is 1.81 bits per heavy atom. The summed E-state index contributed by atoms with van der Waals surface area (Å²) in [4.78, 5) is 20.5. The van der Waals surface area contributed by atoms with Crippen LogP contribution in [0.5, 0.6) is 0 Å². The highest BCUT2D eigenvalue weighted by molar-refractivity contribution is 7.14. The molecule has 0 bridgehead atoms. The highest BCUT2D eigenvalue weighted by atomic mass is 32.1. The van der Waals surface area contributed by atoms with Crippen molar-refractivity contribution >= 4 is 22.4 Å². The highest BCUT2D eigenvalue weighted by Gasteiger charge is 2.12. The number of carbonyl (C=O) groups excluding carboxylic acids is 1. The number of amides is 1. The van der Waals surface area contributed by atoms with Crippen LogP contribution in [0.3, 0.4) is 0 Å². The molecule has 0 aliphatic rings. The summed E-state index contributed by atoms with van der Waals surface area (Å²) in [6, 6.07) is 10.4. The van der Waals surface area contributed by atoms with E-state index in [-0.39, 0.29) is 5.91 Å². The van der Waals surface area contributed by atoms with Gasteiger partial charge < -0.3 is 4.42 Å². The molecule has 134 valence electrons. The van der Waals surface area contributed by atoms with Gasteiger partial charge in [0.25, 0.3) is 5.91 Å². The maximum absolute atomic E-state index is 13.4. The average molecular weight is 383 g/mol. The summed E-state index contributed by atoms with van der Waals surface area (Å²) in [6.45, 7) is 0. The molecule has 27 heavy (non-hydrogen) atoms. The molecule has 0 spiro atoms. The lowest BCUT2D eigenvalue weighted by molar-refractivity contribution is 0.102. The van der Waals surface area contributed by atoms with Crippen molar-refractivity contribution in [1.29, 1.82) is 0 Å². The third-order valence-electron chi connectivity index (χ3n) is 3.80. The number of thiazole rings is 1. The fourth-order valence-corrected chi connectivity index (χ4v) is 3.15. The van der Waals surface area contributed by atoms with Crippen LogP contribution in [-0.2, 0) is 0 Å². The minimum Gasteiger partial charge on any atom is -0.444 e. The van der Waals surface area contributed by atoms with Gasteiger partial charge in [0.15, 0.2) is 28.9 Å². The Kier molecular flexibility index (Phi) is 4.47. The summed E-state index contributed by atoms with van der Waals surface area (Å²) >= 11 is 1.20. The fourth-order valence-electron chi connectivity index (χ4n) is 2.43. The van der Waals surface area contributed by atoms with Gasteiger partial charge in [0.05, 0.1) is 11.9 Å². The predicted octanol–water partition coefficient (Wildman–Crippen LogP) is 5.00. The van der Waals surface area contributed by atoms with Crippen LogP contribution in [0, 0.1) is 11.6 Å². The van der Waals surface area contributed by atoms with Crippen LogP contribution in [0.25, 0.3) is 22.6 Å². The van der Waals surface area contributed by atoms with Crippen molar-refractivity contribution in [3.8, 4) is 22.6 Å². The Hall–Kier alpha value is -3.39. The molecule has 2 heterocycles. The average Bonchev–Trinajstić information content (AvgIpc) is 3.36. The van der Waals surface area contributed by atoms with Crippen LogP contribution in [0.4, 0.5) is 13.9 Å². The normalized spacial score (nSPS) is 10.7. The van der Waals surface area contributed by atoms with Crippen LogP contribution in [0.2, 0.25) is 0 Å². The second-order valence-corrected chi connectivity index (χ2v) is 6.42. The van der Waals surface area contributed by atoms with Crippen LogP contribution in [0.1, 0.15) is 10.4 Å². The second-order valence-electron chi connectivity index (χ2n) is 5.56. The van der Waals surface area contributed by atoms with Crippen LogP contribution in [-0.4, -0.2) is 15.9 Å². The maximum atomic E-state index is 13.4. The molecule has 0 unspecified atom stereocenters. The second kappa shape index (κ2) is 7.08. The number of nitrogens with zero attached hydrogens (tertiary/aromatic N) is 2. The van der Waals surface area contributed by atoms with Gasteiger partial charge in [-0.1, -0.05) is 12.1 Å². The molecule has 1 amide bonds. The summed E-state index contributed by atoms with van der Waals surface area (Å²) < 4.78 is 31.6. The number of hydrogen-bond donors (Lipinski definition) is 1. The van der Waals surface area contributed by atoms with E-state index in [1.54, 1.807) is 35.8 Å². The van der Waals surface area contributed by atoms with Crippen molar-refractivity contribution in [1.82, 2.24) is 9.97 Å². The van der Waals surface area contributed by atoms with Crippen LogP contribution >= 0.6 is 11.3 Å². The zero-order valence-electron chi connectivity index (χ0n) is 13.6. The third kappa shape index (κ3) is 3.61. The third-order valence-corrected chi connectivity index (χ3v) is 4.56. The van der Waals surface area contributed by atoms with E-state index in [4.69, 9.17) is 4.42 Å². The number of halogens is 2. The lowest BCUT2D eigenvalue weighted by Gasteiger charge is -2.03. The van der Waals surface area contributed by atoms with Gasteiger partial charge in [-0.25, -0.2) is 18.7 Å². The van der Waals surface area contributed by atoms with Crippen molar-refractivity contribution < 1.29 is 18.0 Å². The van der Waals surface area contributed by atoms with E-state index in [1.165, 1.54) is 23.8 Å². The predicted molar refractivity (Wildman–Crippen MR) is 97.4 cm³/mol. The lowest BCUT2D eigenvalue weighted by atomic mass is 10.1. The number of nitrogens with one attached hydrogen (secondary N) is 1. The Balaban J connectivity index is 1.48. The Labute approximate surface area is 156 Å². The van der Waals surface area contributed by atoms with Crippen LogP contribution in [0.15, 0.2) is 64.9 Å². The van der Waals surface area contributed by atoms with E-state index in [2.05, 4.69) is 15.3 Å². The summed E-state index contributed by atoms with van der Waals surface area (Å²) in [5, 5.41) is 4.72. The number of aromatic nitrogens is 2. The Bertz CT molecular complexity index is 1090. The van der Waals surface area contributed by atoms with Crippen molar-refractivity contribution in [3.05, 3.63) is 77.6 Å². The van der Waals surface area contributed by atoms with Crippen molar-refractivity contribution in [2.75, 3.05) is 5.32 Å². The molecule has 4 aromatic rings. The zero-order chi connectivity index (χ0) is 18.8. The molecule has 0 aliphatic carbocycles. The van der Waals surface area contributed by atoms with Gasteiger partial charge in [-0.3, -0.25) is 10.1 Å². The molecule has 0 saturated carbocycles. The van der Waals surface area contributed by atoms with E-state index in [1.807, 2.05) is 0 Å². The number of benzene rings is 2. The smallest absolute Gasteiger partial charge is 0.257 e. The number of rotatable bonds is 4. The molecule has 0 fully saturated rings. The van der Waals surface area contributed by atoms with E-state index < -0.39 is 11.6 Å². The van der Waals surface area contributed by atoms with Gasteiger partial charge in [-0.2, -0.15) is 0 Å². The topological polar surface area (TPSA) is 68.0 Å². The molecule has 2 aromatic carbocycles. The fraction of sp³-hybridized carbons (Fsp3) is 0. The lowest BCUT2D eigenvalue weighted by Crippen LogP contribution is -2.11. The first-order chi connectivity index (χ1) is 13.1. The summed E-state index contributed by atoms with van der Waals surface area (Å²) in [7, 11) is 0. The van der Waals surface area contributed by atoms with Crippen LogP contribution < -0.4 is 5.32 Å². The summed E-state index contributed by atoms with van der Waals surface area (Å²) in [5.41, 5.74) is 2.14. The molecule has 0 radical (unpaired) electrons. The zero-order valence-corrected chi connectivity index (χ0v) is 14.5. The molecule has 8 heteroatoms. The molecule has 2 aromatic heterocycles. The standard InChI is InChI=1S/C19H11F2N3O2S/c20-14-6-5-13(7-15(14)21)16-9-27-19(23-16)24-18(25)12-3-1-11(2-4-12)17-8-22-10-26-17/h1-10H,(H,23,24,25). The van der Waals surface area contributed by atoms with Gasteiger partial charge in [0.2, 0.25) is 0 Å². The van der Waals surface area contributed by atoms with Gasteiger partial charge in [-0.15, -0.1) is 11.3 Å². The molecule has 4 rings (SSSR count). The molecule has 1 N–H and O–H groups in total. The molecular formula is C19H11F2N3O2S. The first-order valence-electron chi connectivity index (χ1n) is 7.81. The Morgan fingerprint density at radius 3 is 2.52 bits per heavy atom. The highest BCUT2D eigenvalue weighted by Crippen LogP contribution is 2.26. The summed E-state index contributed by atoms with van der Waals surface area (Å²) in [6.07, 6.45) is 2.92. The molecule has 5 nitrogen and oxygen atoms in total. The van der Waals surface area contributed by atoms with E-state index in [0.29, 0.717) is 27.7 Å². The minimum atomic E-state index is -0.946. The number of oxazole rings is 1. The van der Waals surface area contributed by atoms with E-state index in [0.717, 1.165) is 17.7 Å². The van der Waals surface area contributed by atoms with Gasteiger partial charge >= 0.3 is 0 Å². The largest absolute Gasteiger partial charge is 0.444 e. The minimum absolute atomic E-state index is 0.328. The molecule has 0 atom stereocenters. The van der Waals surface area contributed by atoms with E-state index in [9.17, 15) is 13.6 Å². The van der Waals surface area contributed by atoms with Crippen molar-refractivity contribution in [2.45, 2.75) is 0 Å². The van der Waals surface area contributed by atoms with Gasteiger partial charge in [-0.05, 0) is 30.3 Å². The number of anilines is 1. The SMILES string of the molecule is O=C(Nc1nc(-c2ccc(F)c(F)c2)cs1)c1ccc(-c2cnco2)cc1. The molecular weight excluding hydrogens is 372 g/mol.